The smallest absolute Gasteiger partial charge is 0.384 e. The molecular formula is C31H34N2O5. The lowest BCUT2D eigenvalue weighted by molar-refractivity contribution is -0.142. The molecule has 1 saturated heterocycles. The van der Waals surface area contributed by atoms with Gasteiger partial charge in [0.25, 0.3) is 12.3 Å². The summed E-state index contributed by atoms with van der Waals surface area (Å²) in [5.41, 5.74) is 4.68. The summed E-state index contributed by atoms with van der Waals surface area (Å²) < 4.78 is 0. The largest absolute Gasteiger partial charge is 0.434 e. The summed E-state index contributed by atoms with van der Waals surface area (Å²) in [5.74, 6) is -0.226. The van der Waals surface area contributed by atoms with Gasteiger partial charge in [0.15, 0.2) is 0 Å². The van der Waals surface area contributed by atoms with Gasteiger partial charge in [-0.2, -0.15) is 0 Å². The van der Waals surface area contributed by atoms with Crippen molar-refractivity contribution in [3.63, 3.8) is 0 Å². The van der Waals surface area contributed by atoms with Crippen LogP contribution in [0.3, 0.4) is 0 Å². The van der Waals surface area contributed by atoms with Crippen LogP contribution in [0.4, 0.5) is 4.79 Å². The number of hydroxylamine groups is 2. The monoisotopic (exact) mass is 514 g/mol. The van der Waals surface area contributed by atoms with Crippen molar-refractivity contribution in [2.24, 2.45) is 5.92 Å². The van der Waals surface area contributed by atoms with Crippen molar-refractivity contribution in [2.45, 2.75) is 45.6 Å². The highest BCUT2D eigenvalue weighted by atomic mass is 16.7. The second kappa shape index (κ2) is 12.5. The fourth-order valence-corrected chi connectivity index (χ4v) is 4.83. The normalized spacial score (nSPS) is 14.6. The Morgan fingerprint density at radius 3 is 2.32 bits per heavy atom. The number of carbonyl (C=O) groups excluding carboxylic acids is 3. The van der Waals surface area contributed by atoms with Gasteiger partial charge in [0, 0.05) is 18.7 Å². The van der Waals surface area contributed by atoms with Crippen molar-refractivity contribution in [3.05, 3.63) is 106 Å². The number of likely N-dealkylation sites (tertiary alicyclic amines) is 1. The van der Waals surface area contributed by atoms with Gasteiger partial charge in [-0.3, -0.25) is 9.59 Å². The van der Waals surface area contributed by atoms with Crippen LogP contribution in [0.15, 0.2) is 72.8 Å². The minimum Gasteiger partial charge on any atom is -0.384 e. The van der Waals surface area contributed by atoms with Crippen LogP contribution in [0, 0.1) is 19.8 Å². The van der Waals surface area contributed by atoms with Crippen LogP contribution in [-0.2, 0) is 16.1 Å². The number of benzene rings is 3. The molecule has 3 aromatic carbocycles. The number of hydrogen-bond donors (Lipinski definition) is 1. The lowest BCUT2D eigenvalue weighted by atomic mass is 9.90. The number of piperidine rings is 1. The molecule has 198 valence electrons. The van der Waals surface area contributed by atoms with Crippen LogP contribution in [0.5, 0.6) is 0 Å². The number of rotatable bonds is 7. The molecule has 4 rings (SSSR count). The van der Waals surface area contributed by atoms with Gasteiger partial charge in [-0.25, -0.2) is 4.79 Å². The van der Waals surface area contributed by atoms with E-state index in [2.05, 4.69) is 31.2 Å². The second-order valence-electron chi connectivity index (χ2n) is 9.94. The molecule has 7 nitrogen and oxygen atoms in total. The molecule has 0 saturated carbocycles. The molecule has 0 bridgehead atoms. The zero-order valence-electron chi connectivity index (χ0n) is 21.9. The molecule has 0 aromatic heterocycles. The Balaban J connectivity index is 1.30. The van der Waals surface area contributed by atoms with Crippen molar-refractivity contribution in [2.75, 3.05) is 13.1 Å². The second-order valence-corrected chi connectivity index (χ2v) is 9.94. The number of aliphatic hydroxyl groups is 1. The van der Waals surface area contributed by atoms with Gasteiger partial charge in [0.1, 0.15) is 6.10 Å². The van der Waals surface area contributed by atoms with E-state index in [0.717, 1.165) is 31.2 Å². The SMILES string of the molecule is Cc1ccc(CCC2CCN(C(=O)ON(C=O)C(=O)c3ccc(C(O)c4ccccc4)cc3C)CC2)cc1. The minimum absolute atomic E-state index is 0.209. The molecule has 1 fully saturated rings. The van der Waals surface area contributed by atoms with Crippen molar-refractivity contribution in [1.82, 2.24) is 9.96 Å². The Bertz CT molecular complexity index is 1250. The molecule has 3 aromatic rings. The zero-order valence-corrected chi connectivity index (χ0v) is 21.9. The first kappa shape index (κ1) is 27.1. The number of carbonyl (C=O) groups is 3. The fourth-order valence-electron chi connectivity index (χ4n) is 4.83. The summed E-state index contributed by atoms with van der Waals surface area (Å²) in [6, 6.07) is 22.6. The van der Waals surface area contributed by atoms with Gasteiger partial charge in [-0.05, 0) is 73.8 Å². The summed E-state index contributed by atoms with van der Waals surface area (Å²) in [4.78, 5) is 44.1. The Hall–Kier alpha value is -3.97. The van der Waals surface area contributed by atoms with Crippen LogP contribution >= 0.6 is 0 Å². The quantitative estimate of drug-likeness (QED) is 0.338. The van der Waals surface area contributed by atoms with Crippen LogP contribution < -0.4 is 0 Å². The molecule has 7 heteroatoms. The third-order valence-corrected chi connectivity index (χ3v) is 7.22. The van der Waals surface area contributed by atoms with Gasteiger partial charge in [0.05, 0.1) is 0 Å². The van der Waals surface area contributed by atoms with Crippen LogP contribution in [0.2, 0.25) is 0 Å². The van der Waals surface area contributed by atoms with E-state index in [0.29, 0.717) is 35.2 Å². The van der Waals surface area contributed by atoms with Gasteiger partial charge >= 0.3 is 6.09 Å². The number of amides is 3. The summed E-state index contributed by atoms with van der Waals surface area (Å²) >= 11 is 0. The Morgan fingerprint density at radius 2 is 1.68 bits per heavy atom. The van der Waals surface area contributed by atoms with E-state index < -0.39 is 18.1 Å². The van der Waals surface area contributed by atoms with Crippen molar-refractivity contribution in [3.8, 4) is 0 Å². The first-order chi connectivity index (χ1) is 18.4. The third-order valence-electron chi connectivity index (χ3n) is 7.22. The first-order valence-corrected chi connectivity index (χ1v) is 13.0. The van der Waals surface area contributed by atoms with Crippen LogP contribution in [0.1, 0.15) is 63.5 Å². The summed E-state index contributed by atoms with van der Waals surface area (Å²) in [6.07, 6.45) is 2.40. The summed E-state index contributed by atoms with van der Waals surface area (Å²) in [6.45, 7) is 4.82. The maximum absolute atomic E-state index is 13.0. The maximum Gasteiger partial charge on any atom is 0.434 e. The molecule has 1 unspecified atom stereocenters. The standard InChI is InChI=1S/C31H34N2O5/c1-22-8-10-24(11-9-22)12-13-25-16-18-32(19-17-25)31(37)38-33(21-34)30(36)28-15-14-27(20-23(28)2)29(35)26-6-4-3-5-7-26/h3-11,14-15,20-21,25,29,35H,12-13,16-19H2,1-2H3. The van der Waals surface area contributed by atoms with Crippen molar-refractivity contribution >= 4 is 18.4 Å². The summed E-state index contributed by atoms with van der Waals surface area (Å²) in [5, 5.41) is 11.1. The number of aryl methyl sites for hydroxylation is 3. The highest BCUT2D eigenvalue weighted by molar-refractivity contribution is 6.00. The Kier molecular flexibility index (Phi) is 8.92. The van der Waals surface area contributed by atoms with E-state index in [9.17, 15) is 19.5 Å². The lowest BCUT2D eigenvalue weighted by Gasteiger charge is -2.31. The highest BCUT2D eigenvalue weighted by Gasteiger charge is 2.28. The predicted octanol–water partition coefficient (Wildman–Crippen LogP) is 5.38. The van der Waals surface area contributed by atoms with E-state index in [1.807, 2.05) is 30.3 Å². The molecule has 0 aliphatic carbocycles. The van der Waals surface area contributed by atoms with E-state index in [-0.39, 0.29) is 12.0 Å². The Labute approximate surface area is 223 Å². The van der Waals surface area contributed by atoms with E-state index >= 15 is 0 Å². The molecule has 1 N–H and O–H groups in total. The average molecular weight is 515 g/mol. The van der Waals surface area contributed by atoms with Crippen LogP contribution in [-0.4, -0.2) is 46.6 Å². The van der Waals surface area contributed by atoms with Gasteiger partial charge in [-0.1, -0.05) is 77.4 Å². The third kappa shape index (κ3) is 6.66. The first-order valence-electron chi connectivity index (χ1n) is 13.0. The molecule has 1 atom stereocenters. The van der Waals surface area contributed by atoms with Crippen molar-refractivity contribution < 1.29 is 24.3 Å². The molecule has 1 aliphatic rings. The molecular weight excluding hydrogens is 480 g/mol. The summed E-state index contributed by atoms with van der Waals surface area (Å²) in [7, 11) is 0. The molecule has 3 amide bonds. The maximum atomic E-state index is 13.0. The van der Waals surface area contributed by atoms with Gasteiger partial charge in [0.2, 0.25) is 0 Å². The molecule has 38 heavy (non-hydrogen) atoms. The van der Waals surface area contributed by atoms with E-state index in [4.69, 9.17) is 4.84 Å². The topological polar surface area (TPSA) is 87.2 Å². The van der Waals surface area contributed by atoms with Crippen molar-refractivity contribution in [1.29, 1.82) is 0 Å². The van der Waals surface area contributed by atoms with E-state index in [1.165, 1.54) is 17.2 Å². The highest BCUT2D eigenvalue weighted by Crippen LogP contribution is 2.25. The predicted molar refractivity (Wildman–Crippen MR) is 144 cm³/mol. The molecule has 1 aliphatic heterocycles. The lowest BCUT2D eigenvalue weighted by Crippen LogP contribution is -2.43. The van der Waals surface area contributed by atoms with E-state index in [1.54, 1.807) is 24.0 Å². The minimum atomic E-state index is -0.848. The van der Waals surface area contributed by atoms with Gasteiger partial charge < -0.3 is 14.8 Å². The number of hydrogen-bond acceptors (Lipinski definition) is 5. The number of nitrogens with zero attached hydrogens (tertiary/aromatic N) is 2. The van der Waals surface area contributed by atoms with Gasteiger partial charge in [-0.15, -0.1) is 0 Å². The van der Waals surface area contributed by atoms with Crippen LogP contribution in [0.25, 0.3) is 0 Å². The molecule has 1 heterocycles. The average Bonchev–Trinajstić information content (AvgIpc) is 2.95. The Morgan fingerprint density at radius 1 is 1.00 bits per heavy atom. The number of aliphatic hydroxyl groups excluding tert-OH is 1. The fraction of sp³-hybridized carbons (Fsp3) is 0.323. The molecule has 0 radical (unpaired) electrons. The zero-order chi connectivity index (χ0) is 27.1. The number of imide groups is 1. The molecule has 0 spiro atoms.